The topological polar surface area (TPSA) is 233 Å². The summed E-state index contributed by atoms with van der Waals surface area (Å²) in [5, 5.41) is 53.9. The first-order valence-electron chi connectivity index (χ1n) is 19.0. The van der Waals surface area contributed by atoms with Crippen molar-refractivity contribution in [1.82, 2.24) is 0 Å². The number of esters is 2. The highest BCUT2D eigenvalue weighted by atomic mass is 19.2. The SMILES string of the molecule is O=C1CCC(=O)c2c1c(O)c1c(F)c(F)c(F)c(F)c1c2O.O=C1OC(=O)c2c(F)c(F)c(F)c(F)c21.O=C1c2c(F)c(F)c(F)c(F)c2C(=O)c2c1c(O)c1c(O)c3c(F)c(F)c(F)c(F)c3c(O)c1c2O. The molecule has 10 rings (SSSR count). The smallest absolute Gasteiger partial charge is 0.350 e. The Balaban J connectivity index is 0.000000162. The first kappa shape index (κ1) is 50.2. The number of phenolic OH excluding ortho intramolecular Hbond substituents is 6. The molecule has 13 nitrogen and oxygen atoms in total. The second-order valence-corrected chi connectivity index (χ2v) is 15.0. The van der Waals surface area contributed by atoms with Crippen LogP contribution in [0.2, 0.25) is 0 Å². The van der Waals surface area contributed by atoms with E-state index in [2.05, 4.69) is 4.74 Å². The summed E-state index contributed by atoms with van der Waals surface area (Å²) in [5.41, 5.74) is -10.2. The maximum Gasteiger partial charge on any atom is 0.350 e. The van der Waals surface area contributed by atoms with E-state index >= 15 is 0 Å². The van der Waals surface area contributed by atoms with E-state index in [1.807, 2.05) is 0 Å². The summed E-state index contributed by atoms with van der Waals surface area (Å²) in [5.74, 6) is -53.3. The van der Waals surface area contributed by atoms with E-state index in [4.69, 9.17) is 0 Å². The lowest BCUT2D eigenvalue weighted by Gasteiger charge is -2.23. The summed E-state index contributed by atoms with van der Waals surface area (Å²) < 4.78 is 222. The van der Waals surface area contributed by atoms with E-state index in [1.54, 1.807) is 0 Å². The summed E-state index contributed by atoms with van der Waals surface area (Å²) >= 11 is 0. The van der Waals surface area contributed by atoms with Crippen molar-refractivity contribution in [3.8, 4) is 34.5 Å². The third kappa shape index (κ3) is 6.59. The first-order chi connectivity index (χ1) is 34.0. The number of hydrogen-bond acceptors (Lipinski definition) is 13. The lowest BCUT2D eigenvalue weighted by atomic mass is 9.80. The van der Waals surface area contributed by atoms with Crippen molar-refractivity contribution in [3.05, 3.63) is 138 Å². The number of aromatic hydroxyl groups is 6. The third-order valence-corrected chi connectivity index (χ3v) is 11.3. The van der Waals surface area contributed by atoms with Gasteiger partial charge in [0.05, 0.1) is 65.7 Å². The van der Waals surface area contributed by atoms with E-state index in [0.29, 0.717) is 0 Å². The van der Waals surface area contributed by atoms with Gasteiger partial charge < -0.3 is 35.4 Å². The van der Waals surface area contributed by atoms with Crippen molar-refractivity contribution >= 4 is 67.4 Å². The molecule has 6 N–H and O–H groups in total. The molecule has 0 fully saturated rings. The molecule has 0 saturated heterocycles. The molecule has 29 heteroatoms. The Morgan fingerprint density at radius 2 is 0.466 bits per heavy atom. The minimum Gasteiger partial charge on any atom is -0.506 e. The summed E-state index contributed by atoms with van der Waals surface area (Å²) in [4.78, 5) is 70.9. The van der Waals surface area contributed by atoms with Crippen LogP contribution in [0.1, 0.15) is 86.1 Å². The largest absolute Gasteiger partial charge is 0.506 e. The number of rotatable bonds is 0. The van der Waals surface area contributed by atoms with Gasteiger partial charge in [-0.15, -0.1) is 0 Å². The summed E-state index contributed by atoms with van der Waals surface area (Å²) in [6.45, 7) is 0. The van der Waals surface area contributed by atoms with Crippen LogP contribution in [0.4, 0.5) is 70.2 Å². The average molecular weight is 1050 g/mol. The van der Waals surface area contributed by atoms with Crippen molar-refractivity contribution in [2.75, 3.05) is 0 Å². The zero-order chi connectivity index (χ0) is 54.4. The second kappa shape index (κ2) is 16.7. The van der Waals surface area contributed by atoms with E-state index in [9.17, 15) is 130 Å². The van der Waals surface area contributed by atoms with Gasteiger partial charge in [-0.3, -0.25) is 19.2 Å². The molecular formula is C44H10F16O13. The molecular weight excluding hydrogens is 1040 g/mol. The maximum atomic E-state index is 14.4. The predicted molar refractivity (Wildman–Crippen MR) is 202 cm³/mol. The highest BCUT2D eigenvalue weighted by Crippen LogP contribution is 2.55. The molecule has 1 heterocycles. The zero-order valence-corrected chi connectivity index (χ0v) is 34.0. The van der Waals surface area contributed by atoms with Crippen molar-refractivity contribution in [2.24, 2.45) is 0 Å². The standard InChI is InChI=1S/C22H4F8O6.C14H6F4O4.C8F4O3/c23-9-1-2(10(24)14(28)13(9)27)18(32)6-5(17(1)31)21(35)7-8(22(6)36)20(34)4-3(19(7)33)11(25)15(29)16(30)12(4)26;15-9-7-8(10(16)12(18)11(9)17)14(22)6-4(20)2-1-3(19)5(6)13(7)21;9-3-1-2(8(14)15-7(1)13)4(10)6(12)5(3)11/h31-32,35-36H;21-22H,1-2H2;. The molecule has 0 atom stereocenters. The number of carbonyl (C=O) groups excluding carboxylic acids is 6. The number of fused-ring (bicyclic) bond motifs is 7. The van der Waals surface area contributed by atoms with Crippen LogP contribution in [0.15, 0.2) is 0 Å². The number of halogens is 16. The molecule has 73 heavy (non-hydrogen) atoms. The monoisotopic (exact) mass is 1050 g/mol. The fourth-order valence-electron chi connectivity index (χ4n) is 8.05. The summed E-state index contributed by atoms with van der Waals surface area (Å²) in [7, 11) is 0. The number of benzene rings is 7. The van der Waals surface area contributed by atoms with Gasteiger partial charge in [-0.2, -0.15) is 0 Å². The van der Waals surface area contributed by atoms with Gasteiger partial charge in [0.25, 0.3) is 0 Å². The third-order valence-electron chi connectivity index (χ3n) is 11.3. The number of cyclic esters (lactones) is 2. The van der Waals surface area contributed by atoms with Crippen molar-refractivity contribution in [1.29, 1.82) is 0 Å². The van der Waals surface area contributed by atoms with Crippen LogP contribution in [0, 0.1) is 93.1 Å². The van der Waals surface area contributed by atoms with E-state index < -0.39 is 239 Å². The van der Waals surface area contributed by atoms with Crippen molar-refractivity contribution in [2.45, 2.75) is 12.8 Å². The van der Waals surface area contributed by atoms with E-state index in [1.165, 1.54) is 0 Å². The fraction of sp³-hybridized carbons (Fsp3) is 0.0455. The Morgan fingerprint density at radius 1 is 0.247 bits per heavy atom. The number of phenols is 6. The van der Waals surface area contributed by atoms with Gasteiger partial charge in [0.1, 0.15) is 45.6 Å². The predicted octanol–water partition coefficient (Wildman–Crippen LogP) is 9.22. The molecule has 0 unspecified atom stereocenters. The summed E-state index contributed by atoms with van der Waals surface area (Å²) in [6.07, 6.45) is -0.615. The summed E-state index contributed by atoms with van der Waals surface area (Å²) in [6, 6.07) is 0. The molecule has 0 radical (unpaired) electrons. The van der Waals surface area contributed by atoms with Gasteiger partial charge in [0.15, 0.2) is 105 Å². The lowest BCUT2D eigenvalue weighted by Crippen LogP contribution is -2.26. The molecule has 0 amide bonds. The number of ketones is 4. The van der Waals surface area contributed by atoms with Gasteiger partial charge in [-0.1, -0.05) is 0 Å². The van der Waals surface area contributed by atoms with Crippen LogP contribution in [0.3, 0.4) is 0 Å². The zero-order valence-electron chi connectivity index (χ0n) is 34.0. The normalized spacial score (nSPS) is 13.7. The van der Waals surface area contributed by atoms with Crippen LogP contribution in [0.5, 0.6) is 34.5 Å². The highest BCUT2D eigenvalue weighted by Gasteiger charge is 2.45. The number of ether oxygens (including phenoxy) is 1. The maximum absolute atomic E-state index is 14.4. The van der Waals surface area contributed by atoms with Gasteiger partial charge >= 0.3 is 11.9 Å². The quantitative estimate of drug-likeness (QED) is 0.0158. The molecule has 376 valence electrons. The Morgan fingerprint density at radius 3 is 0.740 bits per heavy atom. The van der Waals surface area contributed by atoms with Crippen LogP contribution in [-0.4, -0.2) is 65.7 Å². The average Bonchev–Trinajstić information content (AvgIpc) is 3.65. The second-order valence-electron chi connectivity index (χ2n) is 15.0. The molecule has 0 saturated carbocycles. The Labute approximate surface area is 386 Å². The molecule has 0 bridgehead atoms. The molecule has 1 aliphatic heterocycles. The Bertz CT molecular complexity index is 3680. The van der Waals surface area contributed by atoms with Crippen LogP contribution >= 0.6 is 0 Å². The van der Waals surface area contributed by atoms with Crippen molar-refractivity contribution < 1.29 is 134 Å². The Kier molecular flexibility index (Phi) is 11.5. The van der Waals surface area contributed by atoms with Gasteiger partial charge in [-0.25, -0.2) is 79.8 Å². The minimum absolute atomic E-state index is 0.307. The van der Waals surface area contributed by atoms with Crippen LogP contribution < -0.4 is 0 Å². The van der Waals surface area contributed by atoms with Crippen LogP contribution in [-0.2, 0) is 4.74 Å². The lowest BCUT2D eigenvalue weighted by molar-refractivity contribution is 0.0439. The van der Waals surface area contributed by atoms with E-state index in [0.717, 1.165) is 0 Å². The number of hydrogen-bond donors (Lipinski definition) is 6. The van der Waals surface area contributed by atoms with Gasteiger partial charge in [0.2, 0.25) is 11.6 Å². The fourth-order valence-corrected chi connectivity index (χ4v) is 8.05. The molecule has 0 spiro atoms. The first-order valence-corrected chi connectivity index (χ1v) is 19.0. The molecule has 3 aliphatic rings. The van der Waals surface area contributed by atoms with Crippen LogP contribution in [0.25, 0.3) is 32.3 Å². The Hall–Kier alpha value is -9.18. The molecule has 7 aromatic rings. The number of carbonyl (C=O) groups is 6. The minimum atomic E-state index is -2.51. The van der Waals surface area contributed by atoms with Crippen molar-refractivity contribution in [3.63, 3.8) is 0 Å². The molecule has 7 aromatic carbocycles. The molecule has 0 aromatic heterocycles. The molecule has 2 aliphatic carbocycles. The van der Waals surface area contributed by atoms with E-state index in [-0.39, 0.29) is 12.8 Å². The number of Topliss-reactive ketones (excluding diaryl/α,β-unsaturated/α-hetero) is 2. The highest BCUT2D eigenvalue weighted by molar-refractivity contribution is 6.34. The van der Waals surface area contributed by atoms with Gasteiger partial charge in [-0.05, 0) is 0 Å². The van der Waals surface area contributed by atoms with Gasteiger partial charge in [0, 0.05) is 12.8 Å².